The molecule has 1 radical (unpaired) electrons. The summed E-state index contributed by atoms with van der Waals surface area (Å²) < 4.78 is 62.2. The third-order valence-electron chi connectivity index (χ3n) is 3.94. The van der Waals surface area contributed by atoms with Crippen LogP contribution in [0.1, 0.15) is 2.85 Å². The number of nitrogens with zero attached hydrogens (tertiary/aromatic N) is 2. The molecule has 2 aromatic heterocycles. The van der Waals surface area contributed by atoms with Crippen LogP contribution < -0.4 is 0 Å². The summed E-state index contributed by atoms with van der Waals surface area (Å²) in [7, 11) is -8.46. The largest absolute Gasteiger partial charge is 1.00 e. The van der Waals surface area contributed by atoms with Gasteiger partial charge in [-0.15, -0.1) is 9.79 Å². The van der Waals surface area contributed by atoms with E-state index in [1.165, 1.54) is 36.7 Å². The summed E-state index contributed by atoms with van der Waals surface area (Å²) in [6.45, 7) is 0. The minimum atomic E-state index is -4.23. The van der Waals surface area contributed by atoms with E-state index in [2.05, 4.69) is 9.97 Å². The Labute approximate surface area is 202 Å². The third kappa shape index (κ3) is 5.64. The Morgan fingerprint density at radius 2 is 1.03 bits per heavy atom. The summed E-state index contributed by atoms with van der Waals surface area (Å²) in [4.78, 5) is 8.53. The van der Waals surface area contributed by atoms with Gasteiger partial charge in [-0.25, -0.2) is 0 Å². The molecule has 31 heavy (non-hydrogen) atoms. The molecule has 0 saturated heterocycles. The summed E-state index contributed by atoms with van der Waals surface area (Å²) in [5.74, 6) is 0. The molecule has 2 heterocycles. The number of benzene rings is 2. The molecule has 2 N–H and O–H groups in total. The van der Waals surface area contributed by atoms with Gasteiger partial charge < -0.3 is 25.3 Å². The van der Waals surface area contributed by atoms with E-state index in [1.807, 2.05) is 0 Å². The van der Waals surface area contributed by atoms with Gasteiger partial charge in [-0.1, -0.05) is 12.1 Å². The number of hydrogen-bond donors (Lipinski definition) is 2. The van der Waals surface area contributed by atoms with Crippen LogP contribution in [-0.2, 0) is 62.3 Å². The summed E-state index contributed by atoms with van der Waals surface area (Å²) in [5, 5.41) is 0.681. The second-order valence-electron chi connectivity index (χ2n) is 5.87. The monoisotopic (exact) mass is 541 g/mol. The maximum atomic E-state index is 11.1. The van der Waals surface area contributed by atoms with Crippen LogP contribution >= 0.6 is 0 Å². The quantitative estimate of drug-likeness (QED) is 0.288. The zero-order valence-electron chi connectivity index (χ0n) is 17.2. The molecule has 13 heteroatoms. The molecule has 4 aromatic rings. The SMILES string of the molecule is O=S(=O)(O)c1ccc([S-])c2ncccc12.O=S(=O)(O)c1ccc([S-])c2ncccc12.[Co].[H+].[H+]. The number of rotatable bonds is 2. The molecule has 0 bridgehead atoms. The molecule has 0 aliphatic heterocycles. The first-order valence-corrected chi connectivity index (χ1v) is 11.7. The van der Waals surface area contributed by atoms with Gasteiger partial charge in [-0.2, -0.15) is 16.8 Å². The topological polar surface area (TPSA) is 135 Å². The second kappa shape index (κ2) is 9.66. The Hall–Kier alpha value is -1.97. The van der Waals surface area contributed by atoms with Gasteiger partial charge >= 0.3 is 2.85 Å². The van der Waals surface area contributed by atoms with Crippen molar-refractivity contribution in [2.24, 2.45) is 0 Å². The zero-order chi connectivity index (χ0) is 22.1. The van der Waals surface area contributed by atoms with Crippen LogP contribution in [0.15, 0.2) is 80.5 Å². The zero-order valence-corrected chi connectivity index (χ0v) is 19.5. The van der Waals surface area contributed by atoms with Crippen molar-refractivity contribution >= 4 is 67.3 Å². The van der Waals surface area contributed by atoms with Crippen LogP contribution in [0.2, 0.25) is 0 Å². The van der Waals surface area contributed by atoms with Crippen molar-refractivity contribution in [1.82, 2.24) is 9.97 Å². The van der Waals surface area contributed by atoms with Crippen LogP contribution in [0, 0.1) is 0 Å². The van der Waals surface area contributed by atoms with Gasteiger partial charge in [0, 0.05) is 39.9 Å². The van der Waals surface area contributed by atoms with E-state index in [9.17, 15) is 16.8 Å². The van der Waals surface area contributed by atoms with Gasteiger partial charge in [-0.3, -0.25) is 19.1 Å². The van der Waals surface area contributed by atoms with Gasteiger partial charge in [0.15, 0.2) is 0 Å². The Balaban J connectivity index is 0.000000569. The van der Waals surface area contributed by atoms with Crippen molar-refractivity contribution in [1.29, 1.82) is 0 Å². The fraction of sp³-hybridized carbons (Fsp3) is 0. The molecule has 2 aromatic carbocycles. The van der Waals surface area contributed by atoms with E-state index in [0.717, 1.165) is 0 Å². The standard InChI is InChI=1S/2C9H7NO3S2.Co/c2*11-15(12,13)8-4-3-7(14)9-6(8)2-1-5-10-9;/h2*1-5,14H,(H,11,12,13);. The fourth-order valence-corrected chi connectivity index (χ4v) is 4.52. The minimum absolute atomic E-state index is 0. The van der Waals surface area contributed by atoms with E-state index in [-0.39, 0.29) is 29.4 Å². The Kier molecular flexibility index (Phi) is 7.88. The molecule has 0 aliphatic carbocycles. The van der Waals surface area contributed by atoms with E-state index < -0.39 is 20.2 Å². The van der Waals surface area contributed by atoms with Crippen molar-refractivity contribution in [3.8, 4) is 0 Å². The van der Waals surface area contributed by atoms with Gasteiger partial charge in [0.2, 0.25) is 0 Å². The summed E-state index contributed by atoms with van der Waals surface area (Å²) >= 11 is 9.99. The van der Waals surface area contributed by atoms with Crippen LogP contribution in [0.4, 0.5) is 0 Å². The molecular formula is C18H14CoN2O6S4. The van der Waals surface area contributed by atoms with Gasteiger partial charge in [0.05, 0.1) is 11.0 Å². The first kappa shape index (κ1) is 25.3. The van der Waals surface area contributed by atoms with Crippen LogP contribution in [0.3, 0.4) is 0 Å². The summed E-state index contributed by atoms with van der Waals surface area (Å²) in [6, 6.07) is 11.7. The Bertz CT molecular complexity index is 1380. The van der Waals surface area contributed by atoms with Crippen molar-refractivity contribution in [2.45, 2.75) is 19.6 Å². The van der Waals surface area contributed by atoms with Crippen molar-refractivity contribution in [3.05, 3.63) is 60.9 Å². The maximum Gasteiger partial charge on any atom is 1.00 e. The van der Waals surface area contributed by atoms with Crippen molar-refractivity contribution in [3.63, 3.8) is 0 Å². The molecule has 0 aliphatic rings. The van der Waals surface area contributed by atoms with Gasteiger partial charge in [-0.05, 0) is 36.4 Å². The number of aromatic nitrogens is 2. The minimum Gasteiger partial charge on any atom is -0.778 e. The van der Waals surface area contributed by atoms with Gasteiger partial charge in [0.25, 0.3) is 20.2 Å². The van der Waals surface area contributed by atoms with Crippen molar-refractivity contribution in [2.75, 3.05) is 0 Å². The van der Waals surface area contributed by atoms with E-state index in [1.54, 1.807) is 24.3 Å². The molecule has 0 atom stereocenters. The van der Waals surface area contributed by atoms with Crippen LogP contribution in [0.25, 0.3) is 21.8 Å². The Morgan fingerprint density at radius 1 is 0.677 bits per heavy atom. The van der Waals surface area contributed by atoms with Crippen LogP contribution in [0.5, 0.6) is 0 Å². The number of hydrogen-bond acceptors (Lipinski definition) is 8. The van der Waals surface area contributed by atoms with Crippen molar-refractivity contribution < 1.29 is 45.6 Å². The third-order valence-corrected chi connectivity index (χ3v) is 6.42. The smallest absolute Gasteiger partial charge is 0.778 e. The number of pyridine rings is 2. The molecule has 0 spiro atoms. The molecule has 8 nitrogen and oxygen atoms in total. The predicted octanol–water partition coefficient (Wildman–Crippen LogP) is 3.00. The molecule has 4 rings (SSSR count). The van der Waals surface area contributed by atoms with Gasteiger partial charge in [0.1, 0.15) is 9.79 Å². The molecular weight excluding hydrogens is 527 g/mol. The summed E-state index contributed by atoms with van der Waals surface area (Å²) in [6.07, 6.45) is 3.04. The molecule has 0 fully saturated rings. The first-order valence-electron chi connectivity index (χ1n) is 8.04. The predicted molar refractivity (Wildman–Crippen MR) is 117 cm³/mol. The second-order valence-corrected chi connectivity index (χ2v) is 9.53. The molecule has 0 saturated carbocycles. The molecule has 0 unspecified atom stereocenters. The average molecular weight is 542 g/mol. The first-order chi connectivity index (χ1) is 14.0. The maximum absolute atomic E-state index is 11.1. The van der Waals surface area contributed by atoms with Crippen LogP contribution in [-0.4, -0.2) is 35.9 Å². The fourth-order valence-electron chi connectivity index (χ4n) is 2.69. The molecule has 165 valence electrons. The normalized spacial score (nSPS) is 11.4. The van der Waals surface area contributed by atoms with E-state index >= 15 is 0 Å². The number of fused-ring (bicyclic) bond motifs is 2. The van der Waals surface area contributed by atoms with E-state index in [4.69, 9.17) is 34.4 Å². The average Bonchev–Trinajstić information content (AvgIpc) is 2.67. The summed E-state index contributed by atoms with van der Waals surface area (Å²) in [5.41, 5.74) is 0.810. The van der Waals surface area contributed by atoms with E-state index in [0.29, 0.717) is 31.6 Å². The Morgan fingerprint density at radius 3 is 1.35 bits per heavy atom. The molecule has 0 amide bonds.